The molecule has 0 radical (unpaired) electrons. The summed E-state index contributed by atoms with van der Waals surface area (Å²) in [5.41, 5.74) is 3.55. The maximum atomic E-state index is 9.38. The molecule has 6 nitrogen and oxygen atoms in total. The van der Waals surface area contributed by atoms with Crippen molar-refractivity contribution in [2.24, 2.45) is 0 Å². The highest BCUT2D eigenvalue weighted by Gasteiger charge is 2.33. The Hall–Kier alpha value is -1.76. The molecule has 0 bridgehead atoms. The third-order valence-corrected chi connectivity index (χ3v) is 4.70. The van der Waals surface area contributed by atoms with E-state index in [1.165, 1.54) is 12.8 Å². The fourth-order valence-electron chi connectivity index (χ4n) is 3.08. The topological polar surface area (TPSA) is 80.2 Å². The second-order valence-corrected chi connectivity index (χ2v) is 6.42. The maximum absolute atomic E-state index is 9.38. The molecule has 0 amide bonds. The number of methoxy groups -OCH3 is 1. The van der Waals surface area contributed by atoms with Gasteiger partial charge < -0.3 is 19.7 Å². The lowest BCUT2D eigenvalue weighted by Gasteiger charge is -2.33. The van der Waals surface area contributed by atoms with E-state index < -0.39 is 5.60 Å². The molecule has 6 heteroatoms. The van der Waals surface area contributed by atoms with Gasteiger partial charge in [0.2, 0.25) is 0 Å². The summed E-state index contributed by atoms with van der Waals surface area (Å²) in [6.07, 6.45) is 7.15. The first-order valence-electron chi connectivity index (χ1n) is 8.41. The highest BCUT2D eigenvalue weighted by atomic mass is 16.7. The molecule has 0 spiro atoms. The van der Waals surface area contributed by atoms with Gasteiger partial charge in [-0.25, -0.2) is 0 Å². The van der Waals surface area contributed by atoms with Crippen LogP contribution in [0.25, 0.3) is 5.70 Å². The third-order valence-electron chi connectivity index (χ3n) is 4.70. The van der Waals surface area contributed by atoms with E-state index in [9.17, 15) is 10.2 Å². The van der Waals surface area contributed by atoms with Gasteiger partial charge in [-0.05, 0) is 43.9 Å². The van der Waals surface area contributed by atoms with Crippen LogP contribution >= 0.6 is 0 Å². The van der Waals surface area contributed by atoms with E-state index in [-0.39, 0.29) is 19.3 Å². The van der Waals surface area contributed by atoms with Crippen LogP contribution < -0.4 is 15.0 Å². The van der Waals surface area contributed by atoms with Crippen molar-refractivity contribution >= 4 is 5.70 Å². The molecule has 1 aliphatic carbocycles. The van der Waals surface area contributed by atoms with Crippen LogP contribution in [0.15, 0.2) is 24.3 Å². The standard InChI is InChI=1S/C18H25NO5/c1-22-16-7-6-13(10-17(16)23-14-4-2-3-5-14)15-8-9-18(11-20,12-21)24-19-15/h6-8,10,14,19-21H,2-5,9,11-12H2,1H3. The van der Waals surface area contributed by atoms with Crippen molar-refractivity contribution in [3.63, 3.8) is 0 Å². The molecule has 1 saturated carbocycles. The molecule has 0 aromatic heterocycles. The van der Waals surface area contributed by atoms with E-state index in [2.05, 4.69) is 5.48 Å². The van der Waals surface area contributed by atoms with Crippen molar-refractivity contribution in [1.29, 1.82) is 0 Å². The molecule has 1 aliphatic heterocycles. The van der Waals surface area contributed by atoms with Gasteiger partial charge in [0, 0.05) is 12.0 Å². The maximum Gasteiger partial charge on any atom is 0.162 e. The Morgan fingerprint density at radius 1 is 1.21 bits per heavy atom. The highest BCUT2D eigenvalue weighted by Crippen LogP contribution is 2.35. The van der Waals surface area contributed by atoms with Gasteiger partial charge in [0.15, 0.2) is 11.5 Å². The van der Waals surface area contributed by atoms with E-state index in [4.69, 9.17) is 14.3 Å². The monoisotopic (exact) mass is 335 g/mol. The predicted octanol–water partition coefficient (Wildman–Crippen LogP) is 2.01. The number of rotatable bonds is 6. The van der Waals surface area contributed by atoms with Crippen LogP contribution in [0.1, 0.15) is 37.7 Å². The minimum absolute atomic E-state index is 0.245. The van der Waals surface area contributed by atoms with Crippen LogP contribution in [-0.4, -0.2) is 42.2 Å². The molecule has 3 N–H and O–H groups in total. The molecule has 1 heterocycles. The first-order chi connectivity index (χ1) is 11.7. The SMILES string of the molecule is COc1ccc(C2=CCC(CO)(CO)ON2)cc1OC1CCCC1. The third kappa shape index (κ3) is 3.50. The van der Waals surface area contributed by atoms with Gasteiger partial charge in [-0.2, -0.15) is 0 Å². The zero-order valence-electron chi connectivity index (χ0n) is 14.0. The van der Waals surface area contributed by atoms with Gasteiger partial charge in [-0.15, -0.1) is 0 Å². The molecule has 1 aromatic rings. The minimum atomic E-state index is -0.973. The Morgan fingerprint density at radius 3 is 2.54 bits per heavy atom. The summed E-state index contributed by atoms with van der Waals surface area (Å²) in [5, 5.41) is 18.8. The molecule has 1 fully saturated rings. The summed E-state index contributed by atoms with van der Waals surface area (Å²) in [6.45, 7) is -0.502. The number of hydroxylamine groups is 1. The van der Waals surface area contributed by atoms with Crippen molar-refractivity contribution in [3.8, 4) is 11.5 Å². The normalized spacial score (nSPS) is 20.4. The summed E-state index contributed by atoms with van der Waals surface area (Å²) in [5.74, 6) is 1.44. The summed E-state index contributed by atoms with van der Waals surface area (Å²) in [6, 6.07) is 5.74. The van der Waals surface area contributed by atoms with Crippen LogP contribution in [0.3, 0.4) is 0 Å². The number of aliphatic hydroxyl groups is 2. The summed E-state index contributed by atoms with van der Waals surface area (Å²) < 4.78 is 11.5. The van der Waals surface area contributed by atoms with Crippen LogP contribution in [-0.2, 0) is 4.84 Å². The second-order valence-electron chi connectivity index (χ2n) is 6.42. The molecule has 24 heavy (non-hydrogen) atoms. The number of hydrogen-bond acceptors (Lipinski definition) is 6. The summed E-state index contributed by atoms with van der Waals surface area (Å²) in [7, 11) is 1.63. The van der Waals surface area contributed by atoms with Crippen LogP contribution in [0.5, 0.6) is 11.5 Å². The Bertz CT molecular complexity index is 591. The average molecular weight is 335 g/mol. The highest BCUT2D eigenvalue weighted by molar-refractivity contribution is 5.66. The first kappa shape index (κ1) is 17.1. The second kappa shape index (κ2) is 7.42. The fourth-order valence-corrected chi connectivity index (χ4v) is 3.08. The fraction of sp³-hybridized carbons (Fsp3) is 0.556. The van der Waals surface area contributed by atoms with Crippen molar-refractivity contribution in [2.75, 3.05) is 20.3 Å². The Kier molecular flexibility index (Phi) is 5.28. The molecule has 3 rings (SSSR count). The molecule has 0 unspecified atom stereocenters. The van der Waals surface area contributed by atoms with Gasteiger partial charge in [0.1, 0.15) is 5.60 Å². The molecule has 0 saturated heterocycles. The lowest BCUT2D eigenvalue weighted by molar-refractivity contribution is -0.141. The largest absolute Gasteiger partial charge is 0.493 e. The van der Waals surface area contributed by atoms with Crippen LogP contribution in [0, 0.1) is 0 Å². The Morgan fingerprint density at radius 2 is 1.96 bits per heavy atom. The molecule has 2 aliphatic rings. The van der Waals surface area contributed by atoms with Gasteiger partial charge in [0.05, 0.1) is 32.1 Å². The van der Waals surface area contributed by atoms with E-state index in [0.29, 0.717) is 12.2 Å². The molecule has 0 atom stereocenters. The van der Waals surface area contributed by atoms with Crippen molar-refractivity contribution in [1.82, 2.24) is 5.48 Å². The lowest BCUT2D eigenvalue weighted by Crippen LogP contribution is -2.46. The smallest absolute Gasteiger partial charge is 0.162 e. The number of ether oxygens (including phenoxy) is 2. The number of aliphatic hydroxyl groups excluding tert-OH is 2. The summed E-state index contributed by atoms with van der Waals surface area (Å²) >= 11 is 0. The number of nitrogens with one attached hydrogen (secondary N) is 1. The van der Waals surface area contributed by atoms with Crippen molar-refractivity contribution in [2.45, 2.75) is 43.8 Å². The zero-order chi connectivity index (χ0) is 17.0. The zero-order valence-corrected chi connectivity index (χ0v) is 14.0. The molecule has 132 valence electrons. The van der Waals surface area contributed by atoms with Gasteiger partial charge in [0.25, 0.3) is 0 Å². The van der Waals surface area contributed by atoms with E-state index in [0.717, 1.165) is 29.9 Å². The average Bonchev–Trinajstić information content (AvgIpc) is 3.15. The number of benzene rings is 1. The Balaban J connectivity index is 1.80. The van der Waals surface area contributed by atoms with E-state index >= 15 is 0 Å². The van der Waals surface area contributed by atoms with E-state index in [1.807, 2.05) is 24.3 Å². The van der Waals surface area contributed by atoms with E-state index in [1.54, 1.807) is 7.11 Å². The summed E-state index contributed by atoms with van der Waals surface area (Å²) in [4.78, 5) is 5.47. The predicted molar refractivity (Wildman–Crippen MR) is 89.6 cm³/mol. The van der Waals surface area contributed by atoms with Crippen molar-refractivity contribution < 1.29 is 24.5 Å². The Labute approximate surface area is 142 Å². The first-order valence-corrected chi connectivity index (χ1v) is 8.41. The molecular formula is C18H25NO5. The van der Waals surface area contributed by atoms with Gasteiger partial charge >= 0.3 is 0 Å². The quantitative estimate of drug-likeness (QED) is 0.738. The molecular weight excluding hydrogens is 310 g/mol. The van der Waals surface area contributed by atoms with Gasteiger partial charge in [-0.1, -0.05) is 6.08 Å². The van der Waals surface area contributed by atoms with Crippen molar-refractivity contribution in [3.05, 3.63) is 29.8 Å². The lowest BCUT2D eigenvalue weighted by atomic mass is 9.98. The van der Waals surface area contributed by atoms with Gasteiger partial charge in [-0.3, -0.25) is 10.3 Å². The minimum Gasteiger partial charge on any atom is -0.493 e. The van der Waals surface area contributed by atoms with Crippen LogP contribution in [0.4, 0.5) is 0 Å². The number of hydrogen-bond donors (Lipinski definition) is 3. The molecule has 1 aromatic carbocycles. The van der Waals surface area contributed by atoms with Crippen LogP contribution in [0.2, 0.25) is 0 Å².